The van der Waals surface area contributed by atoms with Crippen LogP contribution in [0.4, 0.5) is 0 Å². The summed E-state index contributed by atoms with van der Waals surface area (Å²) in [7, 11) is 1.55. The lowest BCUT2D eigenvalue weighted by Crippen LogP contribution is -2.26. The van der Waals surface area contributed by atoms with Gasteiger partial charge in [0.05, 0.1) is 12.8 Å². The normalized spacial score (nSPS) is 13.9. The van der Waals surface area contributed by atoms with Crippen molar-refractivity contribution >= 4 is 17.5 Å². The Hall–Kier alpha value is -3.87. The van der Waals surface area contributed by atoms with Crippen LogP contribution in [0.25, 0.3) is 0 Å². The molecule has 4 rings (SSSR count). The summed E-state index contributed by atoms with van der Waals surface area (Å²) >= 11 is 0. The number of aryl methyl sites for hydroxylation is 1. The summed E-state index contributed by atoms with van der Waals surface area (Å²) in [6.45, 7) is 2.38. The number of carbonyl (C=O) groups is 2. The fourth-order valence-corrected chi connectivity index (χ4v) is 3.99. The highest BCUT2D eigenvalue weighted by molar-refractivity contribution is 6.07. The summed E-state index contributed by atoms with van der Waals surface area (Å²) in [4.78, 5) is 25.3. The summed E-state index contributed by atoms with van der Waals surface area (Å²) < 4.78 is 11.1. The van der Waals surface area contributed by atoms with Crippen molar-refractivity contribution in [1.29, 1.82) is 0 Å². The maximum Gasteiger partial charge on any atom is 0.287 e. The summed E-state index contributed by atoms with van der Waals surface area (Å²) in [6.07, 6.45) is 3.01. The Bertz CT molecular complexity index is 1180. The van der Waals surface area contributed by atoms with Crippen LogP contribution in [0.15, 0.2) is 64.1 Å². The van der Waals surface area contributed by atoms with Crippen LogP contribution < -0.4 is 15.5 Å². The molecule has 0 radical (unpaired) electrons. The zero-order valence-electron chi connectivity index (χ0n) is 18.8. The van der Waals surface area contributed by atoms with Gasteiger partial charge in [0, 0.05) is 29.7 Å². The van der Waals surface area contributed by atoms with Gasteiger partial charge in [-0.1, -0.05) is 36.4 Å². The smallest absolute Gasteiger partial charge is 0.287 e. The molecule has 1 aliphatic carbocycles. The van der Waals surface area contributed by atoms with Crippen LogP contribution in [0.5, 0.6) is 5.75 Å². The Labute approximate surface area is 192 Å². The van der Waals surface area contributed by atoms with E-state index in [1.807, 2.05) is 37.3 Å². The molecule has 0 fully saturated rings. The van der Waals surface area contributed by atoms with Gasteiger partial charge in [0.1, 0.15) is 11.5 Å². The Morgan fingerprint density at radius 1 is 1.06 bits per heavy atom. The van der Waals surface area contributed by atoms with E-state index in [0.717, 1.165) is 47.4 Å². The van der Waals surface area contributed by atoms with Crippen LogP contribution in [0.3, 0.4) is 0 Å². The number of nitrogens with one attached hydrogen (secondary N) is 2. The van der Waals surface area contributed by atoms with Gasteiger partial charge in [-0.25, -0.2) is 5.43 Å². The number of hydrogen-bond acceptors (Lipinski definition) is 5. The first-order valence-corrected chi connectivity index (χ1v) is 11.0. The van der Waals surface area contributed by atoms with Crippen LogP contribution in [0.1, 0.15) is 56.2 Å². The number of benzene rings is 2. The molecule has 2 N–H and O–H groups in total. The van der Waals surface area contributed by atoms with Crippen LogP contribution >= 0.6 is 0 Å². The molecule has 0 saturated heterocycles. The second kappa shape index (κ2) is 10.2. The lowest BCUT2D eigenvalue weighted by Gasteiger charge is -2.13. The number of carbonyl (C=O) groups excluding carboxylic acids is 2. The van der Waals surface area contributed by atoms with Crippen LogP contribution in [-0.2, 0) is 12.8 Å². The molecule has 1 aromatic heterocycles. The minimum atomic E-state index is -0.325. The average molecular weight is 446 g/mol. The van der Waals surface area contributed by atoms with E-state index in [2.05, 4.69) is 15.8 Å². The molecule has 2 amide bonds. The highest BCUT2D eigenvalue weighted by Crippen LogP contribution is 2.30. The van der Waals surface area contributed by atoms with E-state index in [9.17, 15) is 9.59 Å². The van der Waals surface area contributed by atoms with Crippen LogP contribution in [-0.4, -0.2) is 31.2 Å². The topological polar surface area (TPSA) is 92.9 Å². The van der Waals surface area contributed by atoms with E-state index in [1.54, 1.807) is 31.4 Å². The molecule has 0 saturated carbocycles. The highest BCUT2D eigenvalue weighted by Gasteiger charge is 2.28. The zero-order chi connectivity index (χ0) is 23.2. The monoisotopic (exact) mass is 445 g/mol. The van der Waals surface area contributed by atoms with Crippen molar-refractivity contribution in [3.63, 3.8) is 0 Å². The van der Waals surface area contributed by atoms with E-state index < -0.39 is 0 Å². The predicted molar refractivity (Wildman–Crippen MR) is 126 cm³/mol. The molecule has 170 valence electrons. The Balaban J connectivity index is 1.46. The Morgan fingerprint density at radius 2 is 1.88 bits per heavy atom. The molecule has 2 aromatic carbocycles. The first-order chi connectivity index (χ1) is 16.1. The number of amides is 2. The molecule has 0 spiro atoms. The molecule has 0 atom stereocenters. The molecule has 1 aliphatic rings. The van der Waals surface area contributed by atoms with Crippen molar-refractivity contribution in [2.75, 3.05) is 13.7 Å². The van der Waals surface area contributed by atoms with Crippen LogP contribution in [0.2, 0.25) is 0 Å². The fraction of sp³-hybridized carbons (Fsp3) is 0.269. The quantitative estimate of drug-likeness (QED) is 0.537. The molecule has 3 aromatic rings. The third kappa shape index (κ3) is 5.14. The molecule has 1 heterocycles. The fourth-order valence-electron chi connectivity index (χ4n) is 3.99. The van der Waals surface area contributed by atoms with Crippen molar-refractivity contribution in [2.45, 2.75) is 32.6 Å². The second-order valence-electron chi connectivity index (χ2n) is 7.93. The number of hydrogen-bond donors (Lipinski definition) is 2. The third-order valence-electron chi connectivity index (χ3n) is 5.70. The predicted octanol–water partition coefficient (Wildman–Crippen LogP) is 4.04. The molecule has 0 bridgehead atoms. The van der Waals surface area contributed by atoms with Crippen molar-refractivity contribution in [3.05, 3.63) is 88.4 Å². The minimum Gasteiger partial charge on any atom is -0.497 e. The van der Waals surface area contributed by atoms with Gasteiger partial charge in [-0.2, -0.15) is 5.10 Å². The van der Waals surface area contributed by atoms with Crippen LogP contribution in [0, 0.1) is 6.92 Å². The molecule has 33 heavy (non-hydrogen) atoms. The van der Waals surface area contributed by atoms with Gasteiger partial charge < -0.3 is 14.5 Å². The maximum atomic E-state index is 12.8. The lowest BCUT2D eigenvalue weighted by molar-refractivity contribution is 0.0922. The molecule has 0 unspecified atom stereocenters. The van der Waals surface area contributed by atoms with Crippen molar-refractivity contribution in [2.24, 2.45) is 5.10 Å². The SMILES string of the molecule is COc1cccc(C(=O)N/N=C2\CCCc3oc(C(=O)NCCc4ccccc4)c(C)c32)c1. The van der Waals surface area contributed by atoms with Gasteiger partial charge >= 0.3 is 0 Å². The number of ether oxygens (including phenoxy) is 1. The molecule has 7 heteroatoms. The van der Waals surface area contributed by atoms with E-state index in [-0.39, 0.29) is 11.8 Å². The van der Waals surface area contributed by atoms with Gasteiger partial charge in [-0.15, -0.1) is 0 Å². The first kappa shape index (κ1) is 22.3. The molecule has 0 aliphatic heterocycles. The van der Waals surface area contributed by atoms with Crippen molar-refractivity contribution in [3.8, 4) is 5.75 Å². The van der Waals surface area contributed by atoms with E-state index in [4.69, 9.17) is 9.15 Å². The van der Waals surface area contributed by atoms with Crippen molar-refractivity contribution < 1.29 is 18.7 Å². The number of furan rings is 1. The lowest BCUT2D eigenvalue weighted by atomic mass is 9.93. The minimum absolute atomic E-state index is 0.238. The zero-order valence-corrected chi connectivity index (χ0v) is 18.8. The second-order valence-corrected chi connectivity index (χ2v) is 7.93. The Morgan fingerprint density at radius 3 is 2.67 bits per heavy atom. The first-order valence-electron chi connectivity index (χ1n) is 11.0. The van der Waals surface area contributed by atoms with E-state index >= 15 is 0 Å². The summed E-state index contributed by atoms with van der Waals surface area (Å²) in [5, 5.41) is 7.32. The molecule has 7 nitrogen and oxygen atoms in total. The summed E-state index contributed by atoms with van der Waals surface area (Å²) in [5.74, 6) is 1.08. The largest absolute Gasteiger partial charge is 0.497 e. The van der Waals surface area contributed by atoms with E-state index in [0.29, 0.717) is 30.0 Å². The summed E-state index contributed by atoms with van der Waals surface area (Å²) in [5.41, 5.74) is 6.53. The number of methoxy groups -OCH3 is 1. The third-order valence-corrected chi connectivity index (χ3v) is 5.70. The van der Waals surface area contributed by atoms with Gasteiger partial charge in [-0.3, -0.25) is 9.59 Å². The van der Waals surface area contributed by atoms with Gasteiger partial charge in [-0.05, 0) is 49.9 Å². The van der Waals surface area contributed by atoms with E-state index in [1.165, 1.54) is 0 Å². The van der Waals surface area contributed by atoms with Crippen molar-refractivity contribution in [1.82, 2.24) is 10.7 Å². The number of rotatable bonds is 7. The molecular formula is C26H27N3O4. The number of hydrazone groups is 1. The average Bonchev–Trinajstić information content (AvgIpc) is 3.20. The number of nitrogens with zero attached hydrogens (tertiary/aromatic N) is 1. The van der Waals surface area contributed by atoms with Gasteiger partial charge in [0.2, 0.25) is 0 Å². The Kier molecular flexibility index (Phi) is 6.88. The standard InChI is InChI=1S/C26H27N3O4/c1-17-23-21(28-29-25(30)19-10-6-11-20(16-19)32-2)12-7-13-22(23)33-24(17)26(31)27-15-14-18-8-4-3-5-9-18/h3-6,8-11,16H,7,12-15H2,1-2H3,(H,27,31)(H,29,30)/b28-21+. The number of fused-ring (bicyclic) bond motifs is 1. The summed E-state index contributed by atoms with van der Waals surface area (Å²) in [6, 6.07) is 16.9. The maximum absolute atomic E-state index is 12.8. The molecular weight excluding hydrogens is 418 g/mol. The van der Waals surface area contributed by atoms with Gasteiger partial charge in [0.25, 0.3) is 11.8 Å². The highest BCUT2D eigenvalue weighted by atomic mass is 16.5. The van der Waals surface area contributed by atoms with Gasteiger partial charge in [0.15, 0.2) is 5.76 Å².